The maximum absolute atomic E-state index is 13.8. The van der Waals surface area contributed by atoms with E-state index in [1.807, 2.05) is 33.8 Å². The Labute approximate surface area is 196 Å². The first-order valence-electron chi connectivity index (χ1n) is 10.8. The number of allylic oxidation sites excluding steroid dienone is 1. The molecule has 34 heavy (non-hydrogen) atoms. The van der Waals surface area contributed by atoms with Gasteiger partial charge < -0.3 is 18.6 Å². The first kappa shape index (κ1) is 23.3. The van der Waals surface area contributed by atoms with Crippen LogP contribution in [0.5, 0.6) is 17.2 Å². The minimum absolute atomic E-state index is 0.0569. The van der Waals surface area contributed by atoms with Crippen molar-refractivity contribution < 1.29 is 28.2 Å². The highest BCUT2D eigenvalue weighted by atomic mass is 16.5. The molecule has 0 saturated carbocycles. The van der Waals surface area contributed by atoms with Crippen molar-refractivity contribution in [3.05, 3.63) is 58.3 Å². The molecule has 7 nitrogen and oxygen atoms in total. The van der Waals surface area contributed by atoms with E-state index < -0.39 is 28.4 Å². The lowest BCUT2D eigenvalue weighted by atomic mass is 9.80. The molecular weight excluding hydrogens is 436 g/mol. The molecule has 0 N–H and O–H groups in total. The van der Waals surface area contributed by atoms with E-state index in [1.54, 1.807) is 30.4 Å². The molecule has 0 aliphatic carbocycles. The molecule has 0 unspecified atom stereocenters. The van der Waals surface area contributed by atoms with Crippen LogP contribution in [-0.4, -0.2) is 17.5 Å². The quantitative estimate of drug-likeness (QED) is 0.220. The van der Waals surface area contributed by atoms with Crippen LogP contribution in [0.4, 0.5) is 0 Å². The second-order valence-corrected chi connectivity index (χ2v) is 9.37. The summed E-state index contributed by atoms with van der Waals surface area (Å²) in [6.07, 6.45) is 5.35. The molecule has 176 valence electrons. The molecule has 0 bridgehead atoms. The zero-order valence-electron chi connectivity index (χ0n) is 20.0. The van der Waals surface area contributed by atoms with E-state index in [0.717, 1.165) is 0 Å². The van der Waals surface area contributed by atoms with Crippen LogP contribution in [0.25, 0.3) is 28.0 Å². The minimum atomic E-state index is -0.710. The number of carbonyl (C=O) groups excluding carboxylic acids is 2. The number of fused-ring (bicyclic) bond motifs is 3. The Morgan fingerprint density at radius 3 is 2.38 bits per heavy atom. The normalized spacial score (nSPS) is 14.4. The maximum Gasteiger partial charge on any atom is 0.308 e. The Kier molecular flexibility index (Phi) is 5.39. The van der Waals surface area contributed by atoms with E-state index >= 15 is 0 Å². The summed E-state index contributed by atoms with van der Waals surface area (Å²) in [6, 6.07) is 4.70. The van der Waals surface area contributed by atoms with Crippen LogP contribution in [0.1, 0.15) is 52.7 Å². The largest absolute Gasteiger partial charge is 0.483 e. The van der Waals surface area contributed by atoms with Gasteiger partial charge >= 0.3 is 11.9 Å². The van der Waals surface area contributed by atoms with Crippen molar-refractivity contribution in [3.8, 4) is 17.2 Å². The number of hydrogen-bond donors (Lipinski definition) is 0. The zero-order chi connectivity index (χ0) is 25.0. The Balaban J connectivity index is 2.30. The van der Waals surface area contributed by atoms with E-state index in [2.05, 4.69) is 6.58 Å². The number of esters is 2. The maximum atomic E-state index is 13.8. The number of rotatable bonds is 4. The second-order valence-electron chi connectivity index (χ2n) is 9.37. The molecule has 1 aliphatic heterocycles. The first-order valence-corrected chi connectivity index (χ1v) is 10.8. The van der Waals surface area contributed by atoms with E-state index in [9.17, 15) is 14.4 Å². The van der Waals surface area contributed by atoms with Crippen LogP contribution >= 0.6 is 0 Å². The number of carbonyl (C=O) groups is 2. The monoisotopic (exact) mass is 462 g/mol. The van der Waals surface area contributed by atoms with Crippen molar-refractivity contribution in [1.29, 1.82) is 0 Å². The Morgan fingerprint density at radius 1 is 1.09 bits per heavy atom. The first-order chi connectivity index (χ1) is 15.9. The van der Waals surface area contributed by atoms with Crippen LogP contribution in [0.3, 0.4) is 0 Å². The number of hydrogen-bond acceptors (Lipinski definition) is 7. The highest BCUT2D eigenvalue weighted by Gasteiger charge is 2.37. The van der Waals surface area contributed by atoms with Gasteiger partial charge in [-0.25, -0.2) is 0 Å². The SMILES string of the molecule is C=CC(C)(C)c1c2c(c(OC(C)=O)c3c(=O)c4cccc(OC(C)=O)c4oc13)C=CC(C)(C)O2. The van der Waals surface area contributed by atoms with Crippen LogP contribution < -0.4 is 19.6 Å². The van der Waals surface area contributed by atoms with Crippen molar-refractivity contribution in [3.63, 3.8) is 0 Å². The third-order valence-corrected chi connectivity index (χ3v) is 5.72. The van der Waals surface area contributed by atoms with Gasteiger partial charge in [-0.1, -0.05) is 26.0 Å². The summed E-state index contributed by atoms with van der Waals surface area (Å²) in [6.45, 7) is 14.1. The Hall–Kier alpha value is -3.87. The molecule has 2 aromatic carbocycles. The Bertz CT molecular complexity index is 1470. The predicted octanol–water partition coefficient (Wildman–Crippen LogP) is 5.44. The molecule has 0 fully saturated rings. The molecule has 0 atom stereocenters. The summed E-state index contributed by atoms with van der Waals surface area (Å²) in [7, 11) is 0. The van der Waals surface area contributed by atoms with Crippen LogP contribution in [0, 0.1) is 0 Å². The fourth-order valence-corrected chi connectivity index (χ4v) is 4.06. The molecule has 0 amide bonds. The smallest absolute Gasteiger partial charge is 0.308 e. The molecule has 3 aromatic rings. The van der Waals surface area contributed by atoms with E-state index in [-0.39, 0.29) is 33.4 Å². The molecule has 7 heteroatoms. The van der Waals surface area contributed by atoms with Crippen LogP contribution in [0.15, 0.2) is 46.1 Å². The lowest BCUT2D eigenvalue weighted by Gasteiger charge is -2.34. The highest BCUT2D eigenvalue weighted by molar-refractivity contribution is 6.02. The lowest BCUT2D eigenvalue weighted by Crippen LogP contribution is -2.30. The average molecular weight is 462 g/mol. The van der Waals surface area contributed by atoms with Gasteiger partial charge in [0.2, 0.25) is 5.43 Å². The molecule has 1 aromatic heterocycles. The van der Waals surface area contributed by atoms with Gasteiger partial charge in [-0.05, 0) is 38.1 Å². The fraction of sp³-hybridized carbons (Fsp3) is 0.296. The van der Waals surface area contributed by atoms with Crippen LogP contribution in [0.2, 0.25) is 0 Å². The molecule has 0 radical (unpaired) electrons. The lowest BCUT2D eigenvalue weighted by molar-refractivity contribution is -0.132. The standard InChI is InChI=1S/C27H26O7/c1-8-26(4,5)20-24-17(12-13-27(6,7)34-24)23(32-15(3)29)19-21(30)16-10-9-11-18(31-14(2)28)22(16)33-25(19)20/h8-13H,1H2,2-7H3. The van der Waals surface area contributed by atoms with Gasteiger partial charge in [-0.3, -0.25) is 14.4 Å². The zero-order valence-corrected chi connectivity index (χ0v) is 20.0. The predicted molar refractivity (Wildman–Crippen MR) is 130 cm³/mol. The summed E-state index contributed by atoms with van der Waals surface area (Å²) < 4.78 is 23.5. The van der Waals surface area contributed by atoms with E-state index in [1.165, 1.54) is 13.8 Å². The molecule has 0 spiro atoms. The summed E-state index contributed by atoms with van der Waals surface area (Å²) in [4.78, 5) is 37.6. The molecule has 2 heterocycles. The summed E-state index contributed by atoms with van der Waals surface area (Å²) in [5, 5.41) is 0.280. The van der Waals surface area contributed by atoms with Gasteiger partial charge in [0.15, 0.2) is 17.1 Å². The minimum Gasteiger partial charge on any atom is -0.483 e. The number of para-hydroxylation sites is 1. The third kappa shape index (κ3) is 3.77. The fourth-order valence-electron chi connectivity index (χ4n) is 4.06. The van der Waals surface area contributed by atoms with Gasteiger partial charge in [0.05, 0.1) is 10.9 Å². The molecular formula is C27H26O7. The van der Waals surface area contributed by atoms with E-state index in [0.29, 0.717) is 16.9 Å². The Morgan fingerprint density at radius 2 is 1.76 bits per heavy atom. The van der Waals surface area contributed by atoms with E-state index in [4.69, 9.17) is 18.6 Å². The topological polar surface area (TPSA) is 92.0 Å². The van der Waals surface area contributed by atoms with Gasteiger partial charge in [0.25, 0.3) is 0 Å². The van der Waals surface area contributed by atoms with Crippen molar-refractivity contribution in [2.75, 3.05) is 0 Å². The molecule has 0 saturated heterocycles. The van der Waals surface area contributed by atoms with Gasteiger partial charge in [0.1, 0.15) is 22.3 Å². The van der Waals surface area contributed by atoms with Crippen molar-refractivity contribution in [2.24, 2.45) is 0 Å². The van der Waals surface area contributed by atoms with Gasteiger partial charge in [-0.15, -0.1) is 6.58 Å². The molecule has 1 aliphatic rings. The summed E-state index contributed by atoms with van der Waals surface area (Å²) >= 11 is 0. The second kappa shape index (κ2) is 7.87. The number of benzene rings is 2. The van der Waals surface area contributed by atoms with Crippen molar-refractivity contribution in [2.45, 2.75) is 52.6 Å². The van der Waals surface area contributed by atoms with Crippen LogP contribution in [-0.2, 0) is 15.0 Å². The highest BCUT2D eigenvalue weighted by Crippen LogP contribution is 2.50. The summed E-state index contributed by atoms with van der Waals surface area (Å²) in [5.41, 5.74) is -0.493. The van der Waals surface area contributed by atoms with Gasteiger partial charge in [0, 0.05) is 24.8 Å². The summed E-state index contributed by atoms with van der Waals surface area (Å²) in [5.74, 6) is -0.553. The van der Waals surface area contributed by atoms with Gasteiger partial charge in [-0.2, -0.15) is 0 Å². The third-order valence-electron chi connectivity index (χ3n) is 5.72. The van der Waals surface area contributed by atoms with Crippen molar-refractivity contribution >= 4 is 40.0 Å². The molecule has 4 rings (SSSR count). The number of ether oxygens (including phenoxy) is 3. The van der Waals surface area contributed by atoms with Crippen molar-refractivity contribution in [1.82, 2.24) is 0 Å². The average Bonchev–Trinajstić information content (AvgIpc) is 2.72.